The van der Waals surface area contributed by atoms with Gasteiger partial charge in [-0.2, -0.15) is 0 Å². The molecule has 1 heterocycles. The van der Waals surface area contributed by atoms with Gasteiger partial charge in [-0.25, -0.2) is 4.79 Å². The van der Waals surface area contributed by atoms with Crippen molar-refractivity contribution in [1.82, 2.24) is 5.32 Å². The summed E-state index contributed by atoms with van der Waals surface area (Å²) < 4.78 is 10.6. The van der Waals surface area contributed by atoms with Crippen LogP contribution in [0, 0.1) is 0 Å². The molecular weight excluding hydrogens is 258 g/mol. The van der Waals surface area contributed by atoms with Crippen LogP contribution in [0.3, 0.4) is 0 Å². The number of fused-ring (bicyclic) bond motifs is 3. The van der Waals surface area contributed by atoms with Crippen LogP contribution >= 0.6 is 0 Å². The van der Waals surface area contributed by atoms with Crippen LogP contribution in [-0.2, 0) is 15.9 Å². The molecule has 0 unspecified atom stereocenters. The highest BCUT2D eigenvalue weighted by Gasteiger charge is 2.65. The van der Waals surface area contributed by atoms with Crippen molar-refractivity contribution in [3.63, 3.8) is 0 Å². The molecule has 5 heteroatoms. The number of amides is 1. The zero-order valence-electron chi connectivity index (χ0n) is 11.8. The van der Waals surface area contributed by atoms with Crippen LogP contribution in [0.5, 0.6) is 0 Å². The maximum Gasteiger partial charge on any atom is 0.408 e. The molecule has 1 aliphatic heterocycles. The predicted octanol–water partition coefficient (Wildman–Crippen LogP) is 1.90. The van der Waals surface area contributed by atoms with Gasteiger partial charge in [0, 0.05) is 0 Å². The Bertz CT molecular complexity index is 551. The lowest BCUT2D eigenvalue weighted by Crippen LogP contribution is -2.50. The molecule has 1 aromatic carbocycles. The smallest absolute Gasteiger partial charge is 0.408 e. The Hall–Kier alpha value is -1.59. The summed E-state index contributed by atoms with van der Waals surface area (Å²) in [6.45, 7) is 5.40. The highest BCUT2D eigenvalue weighted by Crippen LogP contribution is 2.54. The van der Waals surface area contributed by atoms with Gasteiger partial charge in [-0.15, -0.1) is 0 Å². The van der Waals surface area contributed by atoms with Gasteiger partial charge in [0.05, 0.1) is 6.04 Å². The van der Waals surface area contributed by atoms with Gasteiger partial charge in [-0.1, -0.05) is 24.3 Å². The molecule has 3 atom stereocenters. The topological polar surface area (TPSA) is 71.1 Å². The number of ether oxygens (including phenoxy) is 2. The van der Waals surface area contributed by atoms with E-state index >= 15 is 0 Å². The fourth-order valence-corrected chi connectivity index (χ4v) is 2.65. The standard InChI is InChI=1S/C15H19NO4/c1-14(2,3)20-13(17)16-11-8-9-6-4-5-7-10(9)12-15(11,18)19-12/h4-7,11-12,18H,8H2,1-3H3,(H,16,17)/t11-,12+,15-/m1/s1. The summed E-state index contributed by atoms with van der Waals surface area (Å²) >= 11 is 0. The zero-order chi connectivity index (χ0) is 14.5. The van der Waals surface area contributed by atoms with Crippen molar-refractivity contribution >= 4 is 6.09 Å². The number of carbonyl (C=O) groups excluding carboxylic acids is 1. The van der Waals surface area contributed by atoms with E-state index in [4.69, 9.17) is 9.47 Å². The van der Waals surface area contributed by atoms with Gasteiger partial charge in [-0.3, -0.25) is 0 Å². The van der Waals surface area contributed by atoms with E-state index in [0.29, 0.717) is 6.42 Å². The Morgan fingerprint density at radius 3 is 2.85 bits per heavy atom. The van der Waals surface area contributed by atoms with Crippen LogP contribution in [0.4, 0.5) is 4.79 Å². The Morgan fingerprint density at radius 2 is 2.15 bits per heavy atom. The van der Waals surface area contributed by atoms with Gasteiger partial charge in [0.25, 0.3) is 0 Å². The molecule has 0 aromatic heterocycles. The minimum absolute atomic E-state index is 0.354. The molecule has 20 heavy (non-hydrogen) atoms. The number of carbonyl (C=O) groups is 1. The first-order chi connectivity index (χ1) is 9.29. The Kier molecular flexibility index (Phi) is 2.81. The molecule has 2 N–H and O–H groups in total. The van der Waals surface area contributed by atoms with Crippen molar-refractivity contribution in [2.24, 2.45) is 0 Å². The second-order valence-corrected chi connectivity index (χ2v) is 6.35. The van der Waals surface area contributed by atoms with Crippen LogP contribution in [0.25, 0.3) is 0 Å². The average molecular weight is 277 g/mol. The number of benzene rings is 1. The van der Waals surface area contributed by atoms with E-state index in [9.17, 15) is 9.90 Å². The summed E-state index contributed by atoms with van der Waals surface area (Å²) in [6.07, 6.45) is -0.362. The normalized spacial score (nSPS) is 31.0. The molecule has 2 aliphatic rings. The largest absolute Gasteiger partial charge is 0.444 e. The van der Waals surface area contributed by atoms with E-state index in [1.54, 1.807) is 20.8 Å². The molecule has 1 amide bonds. The fraction of sp³-hybridized carbons (Fsp3) is 0.533. The monoisotopic (exact) mass is 277 g/mol. The van der Waals surface area contributed by atoms with Crippen molar-refractivity contribution in [1.29, 1.82) is 0 Å². The van der Waals surface area contributed by atoms with Crippen LogP contribution in [0.2, 0.25) is 0 Å². The Labute approximate surface area is 117 Å². The lowest BCUT2D eigenvalue weighted by Gasteiger charge is -2.28. The molecule has 1 aliphatic carbocycles. The van der Waals surface area contributed by atoms with E-state index in [0.717, 1.165) is 11.1 Å². The van der Waals surface area contributed by atoms with E-state index < -0.39 is 23.5 Å². The van der Waals surface area contributed by atoms with Crippen LogP contribution in [0.15, 0.2) is 24.3 Å². The summed E-state index contributed by atoms with van der Waals surface area (Å²) in [6, 6.07) is 7.30. The quantitative estimate of drug-likeness (QED) is 0.769. The number of epoxide rings is 1. The SMILES string of the molecule is CC(C)(C)OC(=O)N[C@@H]1Cc2ccccc2[C@@H]2O[C@]12O. The molecule has 108 valence electrons. The summed E-state index contributed by atoms with van der Waals surface area (Å²) in [7, 11) is 0. The highest BCUT2D eigenvalue weighted by molar-refractivity contribution is 5.68. The Morgan fingerprint density at radius 1 is 1.45 bits per heavy atom. The van der Waals surface area contributed by atoms with Gasteiger partial charge in [0.2, 0.25) is 5.79 Å². The molecule has 0 saturated carbocycles. The number of nitrogens with one attached hydrogen (secondary N) is 1. The van der Waals surface area contributed by atoms with E-state index in [1.807, 2.05) is 24.3 Å². The molecule has 0 spiro atoms. The van der Waals surface area contributed by atoms with Gasteiger partial charge < -0.3 is 19.9 Å². The van der Waals surface area contributed by atoms with Crippen LogP contribution < -0.4 is 5.32 Å². The number of aliphatic hydroxyl groups is 1. The highest BCUT2D eigenvalue weighted by atomic mass is 16.7. The molecule has 5 nitrogen and oxygen atoms in total. The molecular formula is C15H19NO4. The minimum Gasteiger partial charge on any atom is -0.444 e. The third-order valence-corrected chi connectivity index (χ3v) is 3.58. The second-order valence-electron chi connectivity index (χ2n) is 6.35. The Balaban J connectivity index is 1.75. The summed E-state index contributed by atoms with van der Waals surface area (Å²) in [5.41, 5.74) is 1.52. The molecule has 1 aromatic rings. The lowest BCUT2D eigenvalue weighted by molar-refractivity contribution is -0.00811. The second kappa shape index (κ2) is 4.20. The summed E-state index contributed by atoms with van der Waals surface area (Å²) in [5.74, 6) is -1.30. The van der Waals surface area contributed by atoms with Crippen molar-refractivity contribution in [3.8, 4) is 0 Å². The van der Waals surface area contributed by atoms with Crippen LogP contribution in [0.1, 0.15) is 38.0 Å². The van der Waals surface area contributed by atoms with Crippen molar-refractivity contribution in [2.45, 2.75) is 50.7 Å². The first-order valence-corrected chi connectivity index (χ1v) is 6.77. The molecule has 0 radical (unpaired) electrons. The van der Waals surface area contributed by atoms with Gasteiger partial charge in [-0.05, 0) is 38.3 Å². The molecule has 3 rings (SSSR count). The van der Waals surface area contributed by atoms with Crippen molar-refractivity contribution in [2.75, 3.05) is 0 Å². The zero-order valence-corrected chi connectivity index (χ0v) is 11.8. The average Bonchev–Trinajstić information content (AvgIpc) is 3.01. The number of rotatable bonds is 1. The van der Waals surface area contributed by atoms with Crippen LogP contribution in [-0.4, -0.2) is 28.6 Å². The number of hydrogen-bond acceptors (Lipinski definition) is 4. The van der Waals surface area contributed by atoms with Gasteiger partial charge in [0.15, 0.2) is 0 Å². The fourth-order valence-electron chi connectivity index (χ4n) is 2.65. The maximum absolute atomic E-state index is 11.8. The van der Waals surface area contributed by atoms with Gasteiger partial charge >= 0.3 is 6.09 Å². The van der Waals surface area contributed by atoms with Crippen molar-refractivity contribution < 1.29 is 19.4 Å². The predicted molar refractivity (Wildman–Crippen MR) is 72.1 cm³/mol. The van der Waals surface area contributed by atoms with Crippen molar-refractivity contribution in [3.05, 3.63) is 35.4 Å². The first kappa shape index (κ1) is 13.4. The minimum atomic E-state index is -1.30. The number of alkyl carbamates (subject to hydrolysis) is 1. The third kappa shape index (κ3) is 2.27. The molecule has 1 fully saturated rings. The summed E-state index contributed by atoms with van der Waals surface area (Å²) in [5, 5.41) is 13.1. The first-order valence-electron chi connectivity index (χ1n) is 6.77. The molecule has 1 saturated heterocycles. The van der Waals surface area contributed by atoms with E-state index in [1.165, 1.54) is 0 Å². The third-order valence-electron chi connectivity index (χ3n) is 3.58. The number of hydrogen-bond donors (Lipinski definition) is 2. The summed E-state index contributed by atoms with van der Waals surface area (Å²) in [4.78, 5) is 11.8. The van der Waals surface area contributed by atoms with E-state index in [2.05, 4.69) is 5.32 Å². The maximum atomic E-state index is 11.8. The molecule has 0 bridgehead atoms. The van der Waals surface area contributed by atoms with Gasteiger partial charge in [0.1, 0.15) is 11.7 Å². The lowest BCUT2D eigenvalue weighted by atomic mass is 9.86. The van der Waals surface area contributed by atoms with E-state index in [-0.39, 0.29) is 6.10 Å².